The van der Waals surface area contributed by atoms with Gasteiger partial charge in [0, 0.05) is 65.9 Å². The lowest BCUT2D eigenvalue weighted by Crippen LogP contribution is -2.54. The summed E-state index contributed by atoms with van der Waals surface area (Å²) in [5.41, 5.74) is 2.57. The van der Waals surface area contributed by atoms with Crippen molar-refractivity contribution in [3.8, 4) is 33.4 Å². The number of hydrogen-bond donors (Lipinski definition) is 2. The zero-order chi connectivity index (χ0) is 40.6. The number of piperidine rings is 2. The largest absolute Gasteiger partial charge is 0.508 e. The van der Waals surface area contributed by atoms with E-state index in [2.05, 4.69) is 48.1 Å². The second-order valence-electron chi connectivity index (χ2n) is 15.6. The van der Waals surface area contributed by atoms with Gasteiger partial charge in [0.25, 0.3) is 11.8 Å². The van der Waals surface area contributed by atoms with Crippen LogP contribution in [0.3, 0.4) is 0 Å². The number of hydrogen-bond acceptors (Lipinski definition) is 11. The van der Waals surface area contributed by atoms with Crippen LogP contribution in [-0.4, -0.2) is 108 Å². The van der Waals surface area contributed by atoms with Gasteiger partial charge in [-0.2, -0.15) is 0 Å². The molecule has 4 aliphatic rings. The summed E-state index contributed by atoms with van der Waals surface area (Å²) in [6.07, 6.45) is 2.54. The number of carbonyl (C=O) groups excluding carboxylic acids is 4. The number of ether oxygens (including phenoxy) is 2. The van der Waals surface area contributed by atoms with Gasteiger partial charge in [0.05, 0.1) is 16.0 Å². The summed E-state index contributed by atoms with van der Waals surface area (Å²) in [7, 11) is 0. The van der Waals surface area contributed by atoms with Gasteiger partial charge in [0.15, 0.2) is 5.75 Å². The molecule has 304 valence electrons. The van der Waals surface area contributed by atoms with Gasteiger partial charge in [-0.05, 0) is 117 Å². The number of amides is 4. The third-order valence-corrected chi connectivity index (χ3v) is 13.6. The number of rotatable bonds is 11. The van der Waals surface area contributed by atoms with E-state index in [-0.39, 0.29) is 24.5 Å². The number of imide groups is 2. The maximum absolute atomic E-state index is 13.3. The standard InChI is InChI=1S/C45H44BrN5O7S/c46-30-3-1-29(2-4-30)42-41(36-12-6-32(52)26-39(36)59-42)58-34-9-7-33(8-10-34)57-24-23-48-17-15-28(16-18-48)27-49-19-21-50(22-20-49)31-5-11-35-37(25-31)45(56)51(44(35)55)38-13-14-40(53)47-43(38)54/h1-12,25-26,28,38,52H,13-24,27H2,(H,47,53,54). The summed E-state index contributed by atoms with van der Waals surface area (Å²) in [6, 6.07) is 25.7. The van der Waals surface area contributed by atoms with E-state index >= 15 is 0 Å². The van der Waals surface area contributed by atoms with Gasteiger partial charge in [0.2, 0.25) is 11.8 Å². The molecule has 5 aromatic rings. The number of nitrogens with one attached hydrogen (secondary N) is 1. The molecular weight excluding hydrogens is 834 g/mol. The maximum atomic E-state index is 13.3. The normalized spacial score (nSPS) is 19.4. The Morgan fingerprint density at radius 3 is 2.24 bits per heavy atom. The zero-order valence-corrected chi connectivity index (χ0v) is 34.8. The summed E-state index contributed by atoms with van der Waals surface area (Å²) in [5.74, 6) is 1.21. The molecule has 1 unspecified atom stereocenters. The highest BCUT2D eigenvalue weighted by Gasteiger charge is 2.45. The fourth-order valence-electron chi connectivity index (χ4n) is 8.57. The first-order valence-corrected chi connectivity index (χ1v) is 21.8. The number of fused-ring (bicyclic) bond motifs is 2. The van der Waals surface area contributed by atoms with Crippen LogP contribution in [0.4, 0.5) is 5.69 Å². The van der Waals surface area contributed by atoms with Crippen molar-refractivity contribution >= 4 is 66.7 Å². The van der Waals surface area contributed by atoms with E-state index in [0.717, 1.165) is 112 Å². The molecule has 0 spiro atoms. The van der Waals surface area contributed by atoms with Crippen molar-refractivity contribution in [2.75, 3.05) is 63.9 Å². The lowest BCUT2D eigenvalue weighted by molar-refractivity contribution is -0.136. The molecule has 12 nitrogen and oxygen atoms in total. The second kappa shape index (κ2) is 16.8. The minimum Gasteiger partial charge on any atom is -0.508 e. The lowest BCUT2D eigenvalue weighted by Gasteiger charge is -2.39. The molecule has 9 rings (SSSR count). The quantitative estimate of drug-likeness (QED) is 0.132. The molecule has 5 heterocycles. The van der Waals surface area contributed by atoms with Gasteiger partial charge in [-0.3, -0.25) is 39.2 Å². The first-order valence-electron chi connectivity index (χ1n) is 20.1. The van der Waals surface area contributed by atoms with E-state index in [0.29, 0.717) is 29.4 Å². The number of piperazine rings is 1. The smallest absolute Gasteiger partial charge is 0.262 e. The average molecular weight is 879 g/mol. The van der Waals surface area contributed by atoms with Crippen LogP contribution in [0.15, 0.2) is 89.4 Å². The first-order chi connectivity index (χ1) is 28.7. The number of likely N-dealkylation sites (tertiary alicyclic amines) is 1. The Kier molecular flexibility index (Phi) is 11.1. The molecule has 1 atom stereocenters. The Morgan fingerprint density at radius 2 is 1.49 bits per heavy atom. The van der Waals surface area contributed by atoms with Gasteiger partial charge in [-0.15, -0.1) is 11.3 Å². The zero-order valence-electron chi connectivity index (χ0n) is 32.4. The Hall–Kier alpha value is -5.28. The lowest BCUT2D eigenvalue weighted by atomic mass is 9.96. The number of phenolic OH excluding ortho intramolecular Hbond substituents is 1. The van der Waals surface area contributed by atoms with Crippen molar-refractivity contribution in [2.24, 2.45) is 5.92 Å². The van der Waals surface area contributed by atoms with E-state index < -0.39 is 23.8 Å². The molecule has 2 N–H and O–H groups in total. The summed E-state index contributed by atoms with van der Waals surface area (Å²) < 4.78 is 14.6. The van der Waals surface area contributed by atoms with Crippen LogP contribution in [0.1, 0.15) is 46.4 Å². The van der Waals surface area contributed by atoms with Crippen molar-refractivity contribution in [1.29, 1.82) is 0 Å². The van der Waals surface area contributed by atoms with Crippen LogP contribution < -0.4 is 19.7 Å². The van der Waals surface area contributed by atoms with Crippen LogP contribution in [0.25, 0.3) is 20.5 Å². The summed E-state index contributed by atoms with van der Waals surface area (Å²) in [5, 5.41) is 13.3. The van der Waals surface area contributed by atoms with Crippen molar-refractivity contribution in [3.63, 3.8) is 0 Å². The highest BCUT2D eigenvalue weighted by Crippen LogP contribution is 2.47. The Bertz CT molecular complexity index is 2410. The fourth-order valence-corrected chi connectivity index (χ4v) is 10.0. The van der Waals surface area contributed by atoms with E-state index in [9.17, 15) is 24.3 Å². The van der Waals surface area contributed by atoms with E-state index in [1.54, 1.807) is 35.6 Å². The predicted molar refractivity (Wildman–Crippen MR) is 230 cm³/mol. The maximum Gasteiger partial charge on any atom is 0.262 e. The van der Waals surface area contributed by atoms with Gasteiger partial charge in [-0.1, -0.05) is 28.1 Å². The molecule has 0 aliphatic carbocycles. The minimum absolute atomic E-state index is 0.0987. The summed E-state index contributed by atoms with van der Waals surface area (Å²) in [6.45, 7) is 8.13. The first kappa shape index (κ1) is 39.2. The monoisotopic (exact) mass is 877 g/mol. The number of carbonyl (C=O) groups is 4. The average Bonchev–Trinajstić information content (AvgIpc) is 3.71. The molecule has 3 fully saturated rings. The minimum atomic E-state index is -0.964. The second-order valence-corrected chi connectivity index (χ2v) is 17.6. The van der Waals surface area contributed by atoms with Gasteiger partial charge >= 0.3 is 0 Å². The number of nitrogens with zero attached hydrogens (tertiary/aromatic N) is 4. The van der Waals surface area contributed by atoms with Crippen molar-refractivity contribution in [1.82, 2.24) is 20.0 Å². The third kappa shape index (κ3) is 8.31. The molecule has 0 saturated carbocycles. The van der Waals surface area contributed by atoms with E-state index in [1.165, 1.54) is 0 Å². The van der Waals surface area contributed by atoms with Crippen molar-refractivity contribution in [3.05, 3.63) is 101 Å². The molecule has 4 aliphatic heterocycles. The molecule has 14 heteroatoms. The molecule has 3 saturated heterocycles. The predicted octanol–water partition coefficient (Wildman–Crippen LogP) is 7.14. The molecular formula is C45H44BrN5O7S. The number of benzene rings is 4. The highest BCUT2D eigenvalue weighted by molar-refractivity contribution is 9.10. The van der Waals surface area contributed by atoms with E-state index in [4.69, 9.17) is 9.47 Å². The Labute approximate surface area is 354 Å². The van der Waals surface area contributed by atoms with E-state index in [1.807, 2.05) is 48.5 Å². The van der Waals surface area contributed by atoms with Crippen LogP contribution >= 0.6 is 27.3 Å². The number of anilines is 1. The number of thiophene rings is 1. The van der Waals surface area contributed by atoms with Crippen molar-refractivity contribution < 1.29 is 33.8 Å². The van der Waals surface area contributed by atoms with Gasteiger partial charge in [-0.25, -0.2) is 0 Å². The summed E-state index contributed by atoms with van der Waals surface area (Å²) >= 11 is 5.12. The number of aromatic hydroxyl groups is 1. The van der Waals surface area contributed by atoms with Crippen LogP contribution in [-0.2, 0) is 9.59 Å². The Morgan fingerprint density at radius 1 is 0.763 bits per heavy atom. The van der Waals surface area contributed by atoms with Gasteiger partial charge in [0.1, 0.15) is 29.9 Å². The fraction of sp³-hybridized carbons (Fsp3) is 0.333. The van der Waals surface area contributed by atoms with Crippen LogP contribution in [0, 0.1) is 5.92 Å². The number of halogens is 1. The highest BCUT2D eigenvalue weighted by atomic mass is 79.9. The summed E-state index contributed by atoms with van der Waals surface area (Å²) in [4.78, 5) is 59.8. The van der Waals surface area contributed by atoms with Crippen LogP contribution in [0.5, 0.6) is 23.0 Å². The Balaban J connectivity index is 0.713. The van der Waals surface area contributed by atoms with Gasteiger partial charge < -0.3 is 19.5 Å². The molecule has 59 heavy (non-hydrogen) atoms. The third-order valence-electron chi connectivity index (χ3n) is 11.8. The molecule has 4 amide bonds. The van der Waals surface area contributed by atoms with Crippen LogP contribution in [0.2, 0.25) is 0 Å². The SMILES string of the molecule is O=C1CCC(N2C(=O)c3ccc(N4CCN(CC5CCN(CCOc6ccc(Oc7c(-c8ccc(Br)cc8)sc8cc(O)ccc78)cc6)CC5)CC4)cc3C2=O)C(=O)N1. The topological polar surface area (TPSA) is 132 Å². The molecule has 0 bridgehead atoms. The molecule has 0 radical (unpaired) electrons. The number of phenols is 1. The van der Waals surface area contributed by atoms with Crippen molar-refractivity contribution in [2.45, 2.75) is 31.7 Å². The molecule has 4 aromatic carbocycles. The molecule has 1 aromatic heterocycles.